The molecule has 0 rings (SSSR count). The number of carbonyl (C=O) groups excluding carboxylic acids is 2. The fraction of sp³-hybridized carbons (Fsp3) is 0.903. The molecule has 0 aromatic carbocycles. The summed E-state index contributed by atoms with van der Waals surface area (Å²) in [6.45, 7) is 4.91. The SMILES string of the molecule is CCCCCCCC/C=C\CCCCCCCC(=O)OCCCCCCCCCCCCCCCCCCCCCCCCC(=O)NC(CO)C(O)/C=C/CCCCCCCCCCCCCC. The molecule has 0 saturated heterocycles. The number of allylic oxidation sites excluding steroid dienone is 3. The second-order valence-corrected chi connectivity index (χ2v) is 21.0. The molecule has 0 bridgehead atoms. The van der Waals surface area contributed by atoms with Gasteiger partial charge in [0.25, 0.3) is 0 Å². The number of amides is 1. The highest BCUT2D eigenvalue weighted by Crippen LogP contribution is 2.17. The van der Waals surface area contributed by atoms with Crippen LogP contribution >= 0.6 is 0 Å². The summed E-state index contributed by atoms with van der Waals surface area (Å²) in [5.41, 5.74) is 0. The molecule has 0 aliphatic carbocycles. The van der Waals surface area contributed by atoms with Crippen LogP contribution in [0.3, 0.4) is 0 Å². The fourth-order valence-electron chi connectivity index (χ4n) is 9.51. The minimum atomic E-state index is -0.844. The van der Waals surface area contributed by atoms with Crippen molar-refractivity contribution >= 4 is 11.9 Å². The first-order valence-corrected chi connectivity index (χ1v) is 30.6. The van der Waals surface area contributed by atoms with Gasteiger partial charge in [-0.3, -0.25) is 9.59 Å². The van der Waals surface area contributed by atoms with E-state index < -0.39 is 12.1 Å². The van der Waals surface area contributed by atoms with Gasteiger partial charge in [0.1, 0.15) is 0 Å². The van der Waals surface area contributed by atoms with E-state index in [0.717, 1.165) is 44.9 Å². The molecule has 6 heteroatoms. The van der Waals surface area contributed by atoms with Gasteiger partial charge < -0.3 is 20.3 Å². The van der Waals surface area contributed by atoms with Gasteiger partial charge in [0.2, 0.25) is 5.91 Å². The Balaban J connectivity index is 3.39. The summed E-state index contributed by atoms with van der Waals surface area (Å²) in [5.74, 6) is -0.0621. The summed E-state index contributed by atoms with van der Waals surface area (Å²) in [6, 6.07) is -0.627. The van der Waals surface area contributed by atoms with Gasteiger partial charge in [-0.25, -0.2) is 0 Å². The van der Waals surface area contributed by atoms with E-state index in [-0.39, 0.29) is 18.5 Å². The Morgan fingerprint density at radius 2 is 0.691 bits per heavy atom. The number of rotatable bonds is 57. The third-order valence-electron chi connectivity index (χ3n) is 14.2. The molecular weight excluding hydrogens is 839 g/mol. The molecule has 2 unspecified atom stereocenters. The zero-order valence-electron chi connectivity index (χ0n) is 45.9. The van der Waals surface area contributed by atoms with E-state index in [4.69, 9.17) is 4.74 Å². The topological polar surface area (TPSA) is 95.9 Å². The van der Waals surface area contributed by atoms with Crippen LogP contribution in [0.4, 0.5) is 0 Å². The second kappa shape index (κ2) is 57.9. The van der Waals surface area contributed by atoms with Gasteiger partial charge in [-0.05, 0) is 57.8 Å². The smallest absolute Gasteiger partial charge is 0.305 e. The van der Waals surface area contributed by atoms with Crippen LogP contribution in [0.1, 0.15) is 335 Å². The predicted octanol–water partition coefficient (Wildman–Crippen LogP) is 19.0. The number of hydrogen-bond acceptors (Lipinski definition) is 5. The molecule has 0 heterocycles. The van der Waals surface area contributed by atoms with Crippen molar-refractivity contribution in [1.82, 2.24) is 5.32 Å². The van der Waals surface area contributed by atoms with Gasteiger partial charge in [-0.1, -0.05) is 289 Å². The van der Waals surface area contributed by atoms with Crippen LogP contribution in [-0.4, -0.2) is 47.4 Å². The molecule has 2 atom stereocenters. The summed E-state index contributed by atoms with van der Waals surface area (Å²) in [4.78, 5) is 24.5. The van der Waals surface area contributed by atoms with E-state index in [0.29, 0.717) is 19.4 Å². The van der Waals surface area contributed by atoms with Gasteiger partial charge in [0.15, 0.2) is 0 Å². The average Bonchev–Trinajstić information content (AvgIpc) is 3.34. The van der Waals surface area contributed by atoms with Crippen LogP contribution in [0.2, 0.25) is 0 Å². The van der Waals surface area contributed by atoms with Gasteiger partial charge in [0, 0.05) is 12.8 Å². The second-order valence-electron chi connectivity index (χ2n) is 21.0. The van der Waals surface area contributed by atoms with Gasteiger partial charge in [-0.2, -0.15) is 0 Å². The highest BCUT2D eigenvalue weighted by atomic mass is 16.5. The number of aliphatic hydroxyl groups is 2. The van der Waals surface area contributed by atoms with Crippen LogP contribution in [0.15, 0.2) is 24.3 Å². The number of nitrogens with one attached hydrogen (secondary N) is 1. The number of ether oxygens (including phenoxy) is 1. The third-order valence-corrected chi connectivity index (χ3v) is 14.2. The Morgan fingerprint density at radius 1 is 0.397 bits per heavy atom. The number of unbranched alkanes of at least 4 members (excludes halogenated alkanes) is 44. The monoisotopic (exact) mass is 958 g/mol. The number of hydrogen-bond donors (Lipinski definition) is 3. The molecule has 3 N–H and O–H groups in total. The van der Waals surface area contributed by atoms with Crippen molar-refractivity contribution in [2.75, 3.05) is 13.2 Å². The standard InChI is InChI=1S/C62H119NO5/c1-3-5-7-9-11-13-15-17-27-32-36-40-44-48-52-56-62(67)68-57-53-49-45-41-37-33-29-26-24-22-20-19-21-23-25-28-31-35-39-43-47-51-55-61(66)63-59(58-64)60(65)54-50-46-42-38-34-30-18-16-14-12-10-8-6-4-2/h17,27,50,54,59-60,64-65H,3-16,18-26,28-49,51-53,55-58H2,1-2H3,(H,63,66)/b27-17-,54-50+. The molecule has 0 aliphatic heterocycles. The van der Waals surface area contributed by atoms with Crippen molar-refractivity contribution in [3.8, 4) is 0 Å². The van der Waals surface area contributed by atoms with E-state index in [1.54, 1.807) is 6.08 Å². The third kappa shape index (κ3) is 53.7. The zero-order valence-corrected chi connectivity index (χ0v) is 45.9. The van der Waals surface area contributed by atoms with Crippen LogP contribution < -0.4 is 5.32 Å². The van der Waals surface area contributed by atoms with Gasteiger partial charge >= 0.3 is 5.97 Å². The summed E-state index contributed by atoms with van der Waals surface area (Å²) in [5, 5.41) is 23.1. The molecule has 0 spiro atoms. The van der Waals surface area contributed by atoms with E-state index in [1.807, 2.05) is 6.08 Å². The molecule has 402 valence electrons. The first-order valence-electron chi connectivity index (χ1n) is 30.6. The Morgan fingerprint density at radius 3 is 1.04 bits per heavy atom. The first-order chi connectivity index (χ1) is 33.5. The highest BCUT2D eigenvalue weighted by Gasteiger charge is 2.18. The van der Waals surface area contributed by atoms with E-state index in [1.165, 1.54) is 263 Å². The molecule has 0 fully saturated rings. The van der Waals surface area contributed by atoms with Crippen molar-refractivity contribution in [2.24, 2.45) is 0 Å². The highest BCUT2D eigenvalue weighted by molar-refractivity contribution is 5.76. The quantitative estimate of drug-likeness (QED) is 0.0321. The zero-order chi connectivity index (χ0) is 49.3. The minimum absolute atomic E-state index is 0.00500. The van der Waals surface area contributed by atoms with E-state index in [9.17, 15) is 19.8 Å². The number of esters is 1. The lowest BCUT2D eigenvalue weighted by molar-refractivity contribution is -0.143. The maximum Gasteiger partial charge on any atom is 0.305 e. The fourth-order valence-corrected chi connectivity index (χ4v) is 9.51. The predicted molar refractivity (Wildman–Crippen MR) is 296 cm³/mol. The molecule has 0 radical (unpaired) electrons. The van der Waals surface area contributed by atoms with E-state index >= 15 is 0 Å². The van der Waals surface area contributed by atoms with Gasteiger partial charge in [-0.15, -0.1) is 0 Å². The average molecular weight is 959 g/mol. The molecule has 68 heavy (non-hydrogen) atoms. The maximum absolute atomic E-state index is 12.5. The van der Waals surface area contributed by atoms with Gasteiger partial charge in [0.05, 0.1) is 25.4 Å². The lowest BCUT2D eigenvalue weighted by Crippen LogP contribution is -2.45. The van der Waals surface area contributed by atoms with Crippen LogP contribution in [0.25, 0.3) is 0 Å². The Labute approximate surface area is 424 Å². The van der Waals surface area contributed by atoms with Crippen molar-refractivity contribution in [1.29, 1.82) is 0 Å². The summed E-state index contributed by atoms with van der Waals surface area (Å²) in [7, 11) is 0. The summed E-state index contributed by atoms with van der Waals surface area (Å²) < 4.78 is 5.48. The number of aliphatic hydroxyl groups excluding tert-OH is 2. The molecule has 6 nitrogen and oxygen atoms in total. The molecular formula is C62H119NO5. The lowest BCUT2D eigenvalue weighted by Gasteiger charge is -2.20. The van der Waals surface area contributed by atoms with Crippen LogP contribution in [-0.2, 0) is 14.3 Å². The molecule has 0 aromatic heterocycles. The van der Waals surface area contributed by atoms with Crippen molar-refractivity contribution in [3.63, 3.8) is 0 Å². The molecule has 1 amide bonds. The Kier molecular flexibility index (Phi) is 56.5. The Bertz CT molecular complexity index is 1060. The first kappa shape index (κ1) is 66.3. The summed E-state index contributed by atoms with van der Waals surface area (Å²) in [6.07, 6.45) is 70.7. The minimum Gasteiger partial charge on any atom is -0.466 e. The normalized spacial score (nSPS) is 12.7. The molecule has 0 aromatic rings. The Hall–Kier alpha value is -1.66. The van der Waals surface area contributed by atoms with Crippen molar-refractivity contribution in [2.45, 2.75) is 347 Å². The largest absolute Gasteiger partial charge is 0.466 e. The number of carbonyl (C=O) groups is 2. The van der Waals surface area contributed by atoms with Crippen LogP contribution in [0.5, 0.6) is 0 Å². The van der Waals surface area contributed by atoms with E-state index in [2.05, 4.69) is 31.3 Å². The molecule has 0 aliphatic rings. The summed E-state index contributed by atoms with van der Waals surface area (Å²) >= 11 is 0. The van der Waals surface area contributed by atoms with Crippen molar-refractivity contribution in [3.05, 3.63) is 24.3 Å². The lowest BCUT2D eigenvalue weighted by atomic mass is 10.0. The maximum atomic E-state index is 12.5. The molecule has 0 saturated carbocycles. The van der Waals surface area contributed by atoms with Crippen molar-refractivity contribution < 1.29 is 24.5 Å². The van der Waals surface area contributed by atoms with Crippen LogP contribution in [0, 0.1) is 0 Å².